The SMILES string of the molecule is COc1cccc(-c2nc(NC3=C(C)C(=O)NC3=O)c3c(-c4ccccc4)csc3n2)c1. The lowest BCUT2D eigenvalue weighted by atomic mass is 10.1. The second-order valence-electron chi connectivity index (χ2n) is 7.23. The van der Waals surface area contributed by atoms with Gasteiger partial charge in [-0.25, -0.2) is 9.97 Å². The maximum atomic E-state index is 12.4. The maximum absolute atomic E-state index is 12.4. The molecule has 158 valence electrons. The third-order valence-corrected chi connectivity index (χ3v) is 6.13. The first-order chi connectivity index (χ1) is 15.5. The van der Waals surface area contributed by atoms with Gasteiger partial charge in [-0.15, -0.1) is 11.3 Å². The van der Waals surface area contributed by atoms with Gasteiger partial charge in [0.1, 0.15) is 22.1 Å². The number of hydrogen-bond acceptors (Lipinski definition) is 7. The summed E-state index contributed by atoms with van der Waals surface area (Å²) in [5, 5.41) is 8.25. The first kappa shape index (κ1) is 19.9. The highest BCUT2D eigenvalue weighted by atomic mass is 32.1. The summed E-state index contributed by atoms with van der Waals surface area (Å²) in [5.74, 6) is 0.759. The van der Waals surface area contributed by atoms with Crippen LogP contribution in [0, 0.1) is 0 Å². The molecule has 2 amide bonds. The van der Waals surface area contributed by atoms with Crippen LogP contribution in [-0.4, -0.2) is 28.9 Å². The van der Waals surface area contributed by atoms with E-state index in [0.29, 0.717) is 23.0 Å². The monoisotopic (exact) mass is 442 g/mol. The number of carbonyl (C=O) groups excluding carboxylic acids is 2. The third-order valence-electron chi connectivity index (χ3n) is 5.26. The molecule has 2 N–H and O–H groups in total. The second-order valence-corrected chi connectivity index (χ2v) is 8.09. The molecule has 0 fully saturated rings. The van der Waals surface area contributed by atoms with Gasteiger partial charge in [0, 0.05) is 22.1 Å². The number of aromatic nitrogens is 2. The molecule has 8 heteroatoms. The minimum atomic E-state index is -0.473. The minimum Gasteiger partial charge on any atom is -0.497 e. The Kier molecular flexibility index (Phi) is 4.91. The van der Waals surface area contributed by atoms with E-state index in [1.165, 1.54) is 11.3 Å². The average Bonchev–Trinajstić information content (AvgIpc) is 3.36. The number of anilines is 1. The fourth-order valence-electron chi connectivity index (χ4n) is 3.57. The number of rotatable bonds is 5. The molecule has 0 saturated carbocycles. The average molecular weight is 443 g/mol. The quantitative estimate of drug-likeness (QED) is 0.446. The van der Waals surface area contributed by atoms with E-state index >= 15 is 0 Å². The van der Waals surface area contributed by atoms with Crippen LogP contribution >= 0.6 is 11.3 Å². The van der Waals surface area contributed by atoms with E-state index < -0.39 is 11.8 Å². The summed E-state index contributed by atoms with van der Waals surface area (Å²) >= 11 is 1.50. The van der Waals surface area contributed by atoms with Crippen LogP contribution in [0.25, 0.3) is 32.7 Å². The molecule has 3 heterocycles. The van der Waals surface area contributed by atoms with Gasteiger partial charge in [0.25, 0.3) is 11.8 Å². The molecule has 0 aliphatic carbocycles. The molecule has 0 atom stereocenters. The summed E-state index contributed by atoms with van der Waals surface area (Å²) in [6.45, 7) is 1.61. The topological polar surface area (TPSA) is 93.2 Å². The first-order valence-corrected chi connectivity index (χ1v) is 10.8. The molecule has 0 saturated heterocycles. The van der Waals surface area contributed by atoms with Crippen molar-refractivity contribution in [1.82, 2.24) is 15.3 Å². The molecular formula is C24H18N4O3S. The van der Waals surface area contributed by atoms with Gasteiger partial charge in [-0.3, -0.25) is 14.9 Å². The summed E-state index contributed by atoms with van der Waals surface area (Å²) in [7, 11) is 1.60. The summed E-state index contributed by atoms with van der Waals surface area (Å²) in [5.41, 5.74) is 3.25. The van der Waals surface area contributed by atoms with Crippen molar-refractivity contribution >= 4 is 39.2 Å². The van der Waals surface area contributed by atoms with Crippen LogP contribution in [0.3, 0.4) is 0 Å². The Labute approximate surface area is 187 Å². The number of fused-ring (bicyclic) bond motifs is 1. The smallest absolute Gasteiger partial charge is 0.275 e. The van der Waals surface area contributed by atoms with E-state index in [2.05, 4.69) is 10.6 Å². The molecule has 5 rings (SSSR count). The molecule has 0 radical (unpaired) electrons. The van der Waals surface area contributed by atoms with Gasteiger partial charge in [0.15, 0.2) is 5.82 Å². The number of hydrogen-bond donors (Lipinski definition) is 2. The Morgan fingerprint density at radius 1 is 0.969 bits per heavy atom. The van der Waals surface area contributed by atoms with Crippen molar-refractivity contribution in [3.05, 3.63) is 71.2 Å². The predicted molar refractivity (Wildman–Crippen MR) is 124 cm³/mol. The number of benzene rings is 2. The van der Waals surface area contributed by atoms with Crippen molar-refractivity contribution in [3.63, 3.8) is 0 Å². The number of amides is 2. The van der Waals surface area contributed by atoms with Crippen LogP contribution in [-0.2, 0) is 9.59 Å². The molecule has 32 heavy (non-hydrogen) atoms. The predicted octanol–water partition coefficient (Wildman–Crippen LogP) is 4.38. The van der Waals surface area contributed by atoms with Crippen LogP contribution in [0.1, 0.15) is 6.92 Å². The van der Waals surface area contributed by atoms with Crippen LogP contribution in [0.4, 0.5) is 5.82 Å². The number of carbonyl (C=O) groups is 2. The highest BCUT2D eigenvalue weighted by molar-refractivity contribution is 7.17. The summed E-state index contributed by atoms with van der Waals surface area (Å²) in [4.78, 5) is 34.6. The summed E-state index contributed by atoms with van der Waals surface area (Å²) in [6.07, 6.45) is 0. The maximum Gasteiger partial charge on any atom is 0.275 e. The van der Waals surface area contributed by atoms with E-state index in [9.17, 15) is 9.59 Å². The highest BCUT2D eigenvalue weighted by Gasteiger charge is 2.28. The minimum absolute atomic E-state index is 0.191. The normalized spacial score (nSPS) is 13.6. The number of nitrogens with zero attached hydrogens (tertiary/aromatic N) is 2. The van der Waals surface area contributed by atoms with E-state index in [0.717, 1.165) is 26.9 Å². The van der Waals surface area contributed by atoms with Gasteiger partial charge >= 0.3 is 0 Å². The fraction of sp³-hybridized carbons (Fsp3) is 0.0833. The number of nitrogens with one attached hydrogen (secondary N) is 2. The van der Waals surface area contributed by atoms with Crippen molar-refractivity contribution in [1.29, 1.82) is 0 Å². The molecule has 0 unspecified atom stereocenters. The lowest BCUT2D eigenvalue weighted by Gasteiger charge is -2.11. The molecule has 0 spiro atoms. The number of methoxy groups -OCH3 is 1. The first-order valence-electron chi connectivity index (χ1n) is 9.88. The van der Waals surface area contributed by atoms with Crippen molar-refractivity contribution in [2.75, 3.05) is 12.4 Å². The van der Waals surface area contributed by atoms with Crippen molar-refractivity contribution < 1.29 is 14.3 Å². The molecule has 2 aromatic heterocycles. The van der Waals surface area contributed by atoms with Crippen molar-refractivity contribution in [2.24, 2.45) is 0 Å². The number of imide groups is 1. The van der Waals surface area contributed by atoms with Gasteiger partial charge in [-0.2, -0.15) is 0 Å². The highest BCUT2D eigenvalue weighted by Crippen LogP contribution is 2.39. The molecule has 7 nitrogen and oxygen atoms in total. The van der Waals surface area contributed by atoms with Crippen molar-refractivity contribution in [3.8, 4) is 28.3 Å². The molecule has 1 aliphatic rings. The van der Waals surface area contributed by atoms with Crippen LogP contribution < -0.4 is 15.4 Å². The zero-order valence-corrected chi connectivity index (χ0v) is 18.1. The van der Waals surface area contributed by atoms with E-state index in [4.69, 9.17) is 14.7 Å². The zero-order chi connectivity index (χ0) is 22.2. The Morgan fingerprint density at radius 2 is 1.75 bits per heavy atom. The van der Waals surface area contributed by atoms with Crippen LogP contribution in [0.5, 0.6) is 5.75 Å². The zero-order valence-electron chi connectivity index (χ0n) is 17.3. The summed E-state index contributed by atoms with van der Waals surface area (Å²) < 4.78 is 5.34. The Morgan fingerprint density at radius 3 is 2.47 bits per heavy atom. The lowest BCUT2D eigenvalue weighted by molar-refractivity contribution is -0.124. The van der Waals surface area contributed by atoms with Gasteiger partial charge in [-0.05, 0) is 24.6 Å². The Hall–Kier alpha value is -4.04. The summed E-state index contributed by atoms with van der Waals surface area (Å²) in [6, 6.07) is 17.4. The number of ether oxygens (including phenoxy) is 1. The standard InChI is InChI=1S/C24H18N4O3S/c1-13-19(23(30)28-22(13)29)25-21-18-17(14-7-4-3-5-8-14)12-32-24(18)27-20(26-21)15-9-6-10-16(11-15)31-2/h3-12H,1-2H3,(H2,25,26,27,28,29,30). The van der Waals surface area contributed by atoms with Gasteiger partial charge in [0.05, 0.1) is 12.5 Å². The number of thiophene rings is 1. The fourth-order valence-corrected chi connectivity index (χ4v) is 4.51. The third kappa shape index (κ3) is 3.40. The van der Waals surface area contributed by atoms with Crippen molar-refractivity contribution in [2.45, 2.75) is 6.92 Å². The van der Waals surface area contributed by atoms with Gasteiger partial charge in [-0.1, -0.05) is 42.5 Å². The Balaban J connectivity index is 1.73. The van der Waals surface area contributed by atoms with Crippen LogP contribution in [0.2, 0.25) is 0 Å². The van der Waals surface area contributed by atoms with Gasteiger partial charge in [0.2, 0.25) is 0 Å². The van der Waals surface area contributed by atoms with Crippen LogP contribution in [0.15, 0.2) is 71.2 Å². The Bertz CT molecular complexity index is 1410. The van der Waals surface area contributed by atoms with E-state index in [1.54, 1.807) is 14.0 Å². The molecule has 2 aromatic carbocycles. The van der Waals surface area contributed by atoms with E-state index in [1.807, 2.05) is 60.0 Å². The lowest BCUT2D eigenvalue weighted by Crippen LogP contribution is -2.24. The molecule has 4 aromatic rings. The van der Waals surface area contributed by atoms with E-state index in [-0.39, 0.29) is 5.70 Å². The molecule has 0 bridgehead atoms. The molecular weight excluding hydrogens is 424 g/mol. The van der Waals surface area contributed by atoms with Gasteiger partial charge < -0.3 is 10.1 Å². The second kappa shape index (κ2) is 7.90. The molecule has 1 aliphatic heterocycles. The largest absolute Gasteiger partial charge is 0.497 e.